The lowest BCUT2D eigenvalue weighted by molar-refractivity contribution is 0.0446. The summed E-state index contributed by atoms with van der Waals surface area (Å²) in [6.45, 7) is 3.42. The van der Waals surface area contributed by atoms with Gasteiger partial charge in [-0.2, -0.15) is 8.75 Å². The van der Waals surface area contributed by atoms with Gasteiger partial charge in [0.25, 0.3) is 5.91 Å². The molecular weight excluding hydrogens is 240 g/mol. The lowest BCUT2D eigenvalue weighted by atomic mass is 10.0. The van der Waals surface area contributed by atoms with Gasteiger partial charge in [-0.25, -0.2) is 0 Å². The quantitative estimate of drug-likeness (QED) is 0.793. The van der Waals surface area contributed by atoms with Crippen molar-refractivity contribution in [2.24, 2.45) is 0 Å². The molecular formula is C10H16N4O2S. The molecule has 0 saturated carbocycles. The number of rotatable bonds is 3. The van der Waals surface area contributed by atoms with Crippen LogP contribution in [0.1, 0.15) is 22.6 Å². The van der Waals surface area contributed by atoms with E-state index in [0.29, 0.717) is 11.4 Å². The molecule has 0 bridgehead atoms. The summed E-state index contributed by atoms with van der Waals surface area (Å²) in [5.41, 5.74) is 1.08. The first-order chi connectivity index (χ1) is 8.22. The van der Waals surface area contributed by atoms with E-state index in [1.165, 1.54) is 0 Å². The molecule has 2 atom stereocenters. The summed E-state index contributed by atoms with van der Waals surface area (Å²) in [4.78, 5) is 12.0. The maximum absolute atomic E-state index is 12.0. The summed E-state index contributed by atoms with van der Waals surface area (Å²) in [5, 5.41) is 6.18. The Morgan fingerprint density at radius 1 is 1.59 bits per heavy atom. The fourth-order valence-corrected chi connectivity index (χ4v) is 2.48. The van der Waals surface area contributed by atoms with Gasteiger partial charge in [0.05, 0.1) is 29.6 Å². The zero-order chi connectivity index (χ0) is 12.3. The number of amides is 1. The summed E-state index contributed by atoms with van der Waals surface area (Å²) in [6, 6.07) is -0.0117. The Kier molecular flexibility index (Phi) is 4.03. The number of nitrogens with one attached hydrogen (secondary N) is 2. The number of nitrogens with zero attached hydrogens (tertiary/aromatic N) is 2. The number of aryl methyl sites for hydroxylation is 1. The first kappa shape index (κ1) is 12.4. The Labute approximate surface area is 104 Å². The predicted molar refractivity (Wildman–Crippen MR) is 64.2 cm³/mol. The van der Waals surface area contributed by atoms with Crippen molar-refractivity contribution in [1.29, 1.82) is 0 Å². The van der Waals surface area contributed by atoms with Crippen molar-refractivity contribution in [3.8, 4) is 0 Å². The lowest BCUT2D eigenvalue weighted by Crippen LogP contribution is -2.54. The van der Waals surface area contributed by atoms with Crippen LogP contribution in [0.5, 0.6) is 0 Å². The second-order valence-corrected chi connectivity index (χ2v) is 4.57. The maximum atomic E-state index is 12.0. The Balaban J connectivity index is 2.00. The summed E-state index contributed by atoms with van der Waals surface area (Å²) >= 11 is 1.06. The van der Waals surface area contributed by atoms with E-state index >= 15 is 0 Å². The van der Waals surface area contributed by atoms with Gasteiger partial charge in [0, 0.05) is 13.7 Å². The van der Waals surface area contributed by atoms with Crippen molar-refractivity contribution >= 4 is 17.6 Å². The minimum atomic E-state index is -0.174. The van der Waals surface area contributed by atoms with Crippen molar-refractivity contribution in [3.05, 3.63) is 11.4 Å². The molecule has 0 radical (unpaired) electrons. The minimum absolute atomic E-state index is 0.0117. The minimum Gasteiger partial charge on any atom is -0.379 e. The molecule has 0 aliphatic carbocycles. The molecule has 0 unspecified atom stereocenters. The third-order valence-corrected chi connectivity index (χ3v) is 3.53. The lowest BCUT2D eigenvalue weighted by Gasteiger charge is -2.31. The summed E-state index contributed by atoms with van der Waals surface area (Å²) < 4.78 is 13.3. The molecule has 0 aromatic carbocycles. The van der Waals surface area contributed by atoms with Crippen LogP contribution in [0.2, 0.25) is 0 Å². The van der Waals surface area contributed by atoms with Crippen LogP contribution >= 0.6 is 11.7 Å². The van der Waals surface area contributed by atoms with Crippen LogP contribution in [0.15, 0.2) is 0 Å². The molecule has 1 aliphatic heterocycles. The number of carbonyl (C=O) groups is 1. The molecule has 1 aliphatic rings. The third kappa shape index (κ3) is 2.80. The number of carbonyl (C=O) groups excluding carboxylic acids is 1. The molecule has 0 spiro atoms. The van der Waals surface area contributed by atoms with E-state index < -0.39 is 0 Å². The molecule has 1 fully saturated rings. The van der Waals surface area contributed by atoms with Gasteiger partial charge in [-0.05, 0) is 19.9 Å². The van der Waals surface area contributed by atoms with E-state index in [4.69, 9.17) is 4.74 Å². The van der Waals surface area contributed by atoms with Crippen LogP contribution in [-0.4, -0.2) is 47.0 Å². The first-order valence-electron chi connectivity index (χ1n) is 5.56. The number of methoxy groups -OCH3 is 1. The van der Waals surface area contributed by atoms with Gasteiger partial charge in [0.15, 0.2) is 5.69 Å². The first-order valence-corrected chi connectivity index (χ1v) is 6.29. The Morgan fingerprint density at radius 2 is 2.41 bits per heavy atom. The fourth-order valence-electron chi connectivity index (χ4n) is 1.93. The highest BCUT2D eigenvalue weighted by Gasteiger charge is 2.27. The standard InChI is InChI=1S/C10H16N4O2S/c1-6-9(14-17-13-6)10(15)12-7-5-11-4-3-8(7)16-2/h7-8,11H,3-5H2,1-2H3,(H,12,15)/t7-,8+/m0/s1. The maximum Gasteiger partial charge on any atom is 0.273 e. The van der Waals surface area contributed by atoms with Gasteiger partial charge in [-0.15, -0.1) is 0 Å². The van der Waals surface area contributed by atoms with Crippen LogP contribution in [0.3, 0.4) is 0 Å². The number of hydrogen-bond acceptors (Lipinski definition) is 6. The molecule has 1 aromatic heterocycles. The number of piperidine rings is 1. The Bertz CT molecular complexity index is 395. The van der Waals surface area contributed by atoms with E-state index in [-0.39, 0.29) is 18.1 Å². The fraction of sp³-hybridized carbons (Fsp3) is 0.700. The van der Waals surface area contributed by atoms with Gasteiger partial charge in [0.1, 0.15) is 0 Å². The SMILES string of the molecule is CO[C@@H]1CCNC[C@@H]1NC(=O)c1nsnc1C. The smallest absolute Gasteiger partial charge is 0.273 e. The van der Waals surface area contributed by atoms with E-state index in [2.05, 4.69) is 19.4 Å². The highest BCUT2D eigenvalue weighted by molar-refractivity contribution is 6.99. The van der Waals surface area contributed by atoms with E-state index in [1.807, 2.05) is 0 Å². The third-order valence-electron chi connectivity index (χ3n) is 2.91. The van der Waals surface area contributed by atoms with Crippen molar-refractivity contribution in [3.63, 3.8) is 0 Å². The molecule has 1 saturated heterocycles. The van der Waals surface area contributed by atoms with E-state index in [1.54, 1.807) is 14.0 Å². The monoisotopic (exact) mass is 256 g/mol. The van der Waals surface area contributed by atoms with Gasteiger partial charge in [0.2, 0.25) is 0 Å². The normalized spacial score (nSPS) is 24.6. The number of ether oxygens (including phenoxy) is 1. The van der Waals surface area contributed by atoms with Crippen LogP contribution < -0.4 is 10.6 Å². The average molecular weight is 256 g/mol. The average Bonchev–Trinajstić information content (AvgIpc) is 2.76. The summed E-state index contributed by atoms with van der Waals surface area (Å²) in [6.07, 6.45) is 0.961. The Morgan fingerprint density at radius 3 is 3.06 bits per heavy atom. The largest absolute Gasteiger partial charge is 0.379 e. The summed E-state index contributed by atoms with van der Waals surface area (Å²) in [5.74, 6) is -0.174. The zero-order valence-corrected chi connectivity index (χ0v) is 10.7. The van der Waals surface area contributed by atoms with Crippen LogP contribution in [0.25, 0.3) is 0 Å². The van der Waals surface area contributed by atoms with Crippen LogP contribution in [0, 0.1) is 6.92 Å². The zero-order valence-electron chi connectivity index (χ0n) is 9.90. The van der Waals surface area contributed by atoms with Crippen molar-refractivity contribution < 1.29 is 9.53 Å². The molecule has 2 heterocycles. The van der Waals surface area contributed by atoms with E-state index in [0.717, 1.165) is 31.2 Å². The highest BCUT2D eigenvalue weighted by atomic mass is 32.1. The second kappa shape index (κ2) is 5.52. The molecule has 2 N–H and O–H groups in total. The second-order valence-electron chi connectivity index (χ2n) is 4.05. The van der Waals surface area contributed by atoms with Crippen molar-refractivity contribution in [2.75, 3.05) is 20.2 Å². The molecule has 1 aromatic rings. The number of hydrogen-bond donors (Lipinski definition) is 2. The molecule has 6 nitrogen and oxygen atoms in total. The van der Waals surface area contributed by atoms with Crippen molar-refractivity contribution in [2.45, 2.75) is 25.5 Å². The van der Waals surface area contributed by atoms with Gasteiger partial charge in [-0.1, -0.05) is 0 Å². The molecule has 2 rings (SSSR count). The molecule has 94 valence electrons. The Hall–Kier alpha value is -1.05. The predicted octanol–water partition coefficient (Wildman–Crippen LogP) is -0.0468. The van der Waals surface area contributed by atoms with Crippen LogP contribution in [0.4, 0.5) is 0 Å². The molecule has 7 heteroatoms. The topological polar surface area (TPSA) is 76.1 Å². The van der Waals surface area contributed by atoms with Gasteiger partial charge in [-0.3, -0.25) is 4.79 Å². The van der Waals surface area contributed by atoms with Crippen molar-refractivity contribution in [1.82, 2.24) is 19.4 Å². The summed E-state index contributed by atoms with van der Waals surface area (Å²) in [7, 11) is 1.67. The van der Waals surface area contributed by atoms with Crippen LogP contribution in [-0.2, 0) is 4.74 Å². The number of aromatic nitrogens is 2. The molecule has 17 heavy (non-hydrogen) atoms. The van der Waals surface area contributed by atoms with E-state index in [9.17, 15) is 4.79 Å². The van der Waals surface area contributed by atoms with Gasteiger partial charge < -0.3 is 15.4 Å². The highest BCUT2D eigenvalue weighted by Crippen LogP contribution is 2.09. The van der Waals surface area contributed by atoms with Gasteiger partial charge >= 0.3 is 0 Å². The molecule has 1 amide bonds.